The second-order valence-corrected chi connectivity index (χ2v) is 6.80. The first-order chi connectivity index (χ1) is 8.47. The molecule has 1 aromatic carbocycles. The number of hydrogen-bond acceptors (Lipinski definition) is 3. The molecule has 0 aromatic heterocycles. The lowest BCUT2D eigenvalue weighted by Crippen LogP contribution is -2.30. The van der Waals surface area contributed by atoms with Crippen LogP contribution >= 0.6 is 0 Å². The first-order valence-electron chi connectivity index (χ1n) is 6.26. The molecule has 1 heterocycles. The molecule has 1 aromatic rings. The third-order valence-corrected chi connectivity index (χ3v) is 4.63. The van der Waals surface area contributed by atoms with Gasteiger partial charge in [0.1, 0.15) is 0 Å². The van der Waals surface area contributed by atoms with E-state index in [-0.39, 0.29) is 0 Å². The average Bonchev–Trinajstić information content (AvgIpc) is 2.78. The van der Waals surface area contributed by atoms with Gasteiger partial charge in [-0.2, -0.15) is 0 Å². The Hall–Kier alpha value is -0.910. The molecular weight excluding hydrogens is 248 g/mol. The summed E-state index contributed by atoms with van der Waals surface area (Å²) < 4.78 is 27.0. The normalized spacial score (nSPS) is 20.2. The zero-order chi connectivity index (χ0) is 13.2. The number of hydrogen-bond donors (Lipinski definition) is 2. The molecule has 0 bridgehead atoms. The van der Waals surface area contributed by atoms with Crippen LogP contribution in [-0.2, 0) is 10.0 Å². The summed E-state index contributed by atoms with van der Waals surface area (Å²) in [4.78, 5) is 0.367. The molecule has 1 fully saturated rings. The number of sulfonamides is 1. The first kappa shape index (κ1) is 13.5. The van der Waals surface area contributed by atoms with Crippen LogP contribution in [0.2, 0.25) is 0 Å². The molecule has 1 unspecified atom stereocenters. The van der Waals surface area contributed by atoms with Gasteiger partial charge in [-0.25, -0.2) is 13.1 Å². The molecule has 2 N–H and O–H groups in total. The van der Waals surface area contributed by atoms with Crippen LogP contribution in [0.25, 0.3) is 0 Å². The summed E-state index contributed by atoms with van der Waals surface area (Å²) in [5, 5.41) is 3.23. The molecule has 0 aliphatic carbocycles. The maximum absolute atomic E-state index is 12.2. The summed E-state index contributed by atoms with van der Waals surface area (Å²) in [7, 11) is -3.37. The van der Waals surface area contributed by atoms with Crippen molar-refractivity contribution in [3.63, 3.8) is 0 Å². The summed E-state index contributed by atoms with van der Waals surface area (Å²) in [5.41, 5.74) is 1.94. The van der Waals surface area contributed by atoms with Crippen molar-refractivity contribution in [2.75, 3.05) is 19.6 Å². The van der Waals surface area contributed by atoms with E-state index in [1.54, 1.807) is 12.1 Å². The van der Waals surface area contributed by atoms with E-state index in [0.717, 1.165) is 30.6 Å². The van der Waals surface area contributed by atoms with Crippen LogP contribution in [0.15, 0.2) is 23.1 Å². The van der Waals surface area contributed by atoms with E-state index in [1.807, 2.05) is 19.9 Å². The number of nitrogens with one attached hydrogen (secondary N) is 2. The minimum Gasteiger partial charge on any atom is -0.316 e. The Morgan fingerprint density at radius 2 is 1.94 bits per heavy atom. The van der Waals surface area contributed by atoms with Gasteiger partial charge in [-0.05, 0) is 62.5 Å². The molecule has 2 rings (SSSR count). The molecule has 0 amide bonds. The lowest BCUT2D eigenvalue weighted by atomic mass is 10.1. The van der Waals surface area contributed by atoms with E-state index in [1.165, 1.54) is 0 Å². The second kappa shape index (κ2) is 5.38. The van der Waals surface area contributed by atoms with E-state index in [9.17, 15) is 8.42 Å². The van der Waals surface area contributed by atoms with Crippen LogP contribution in [0.1, 0.15) is 17.5 Å². The molecule has 5 heteroatoms. The van der Waals surface area contributed by atoms with Gasteiger partial charge in [0.2, 0.25) is 10.0 Å². The minimum atomic E-state index is -3.37. The van der Waals surface area contributed by atoms with Crippen LogP contribution in [0.4, 0.5) is 0 Å². The molecule has 100 valence electrons. The average molecular weight is 268 g/mol. The van der Waals surface area contributed by atoms with Gasteiger partial charge in [-0.15, -0.1) is 0 Å². The summed E-state index contributed by atoms with van der Waals surface area (Å²) in [6.45, 7) is 6.22. The minimum absolute atomic E-state index is 0.367. The topological polar surface area (TPSA) is 58.2 Å². The van der Waals surface area contributed by atoms with Gasteiger partial charge in [0.15, 0.2) is 0 Å². The Labute approximate surface area is 109 Å². The first-order valence-corrected chi connectivity index (χ1v) is 7.74. The molecule has 0 spiro atoms. The quantitative estimate of drug-likeness (QED) is 0.862. The van der Waals surface area contributed by atoms with Crippen molar-refractivity contribution in [3.8, 4) is 0 Å². The van der Waals surface area contributed by atoms with Gasteiger partial charge in [0, 0.05) is 6.54 Å². The van der Waals surface area contributed by atoms with Crippen LogP contribution in [0, 0.1) is 19.8 Å². The van der Waals surface area contributed by atoms with E-state index < -0.39 is 10.0 Å². The third-order valence-electron chi connectivity index (χ3n) is 3.23. The zero-order valence-corrected chi connectivity index (χ0v) is 11.7. The highest BCUT2D eigenvalue weighted by Gasteiger charge is 2.19. The second-order valence-electron chi connectivity index (χ2n) is 5.03. The van der Waals surface area contributed by atoms with E-state index in [4.69, 9.17) is 0 Å². The van der Waals surface area contributed by atoms with Gasteiger partial charge in [0.05, 0.1) is 4.90 Å². The third kappa shape index (κ3) is 3.31. The fraction of sp³-hybridized carbons (Fsp3) is 0.538. The summed E-state index contributed by atoms with van der Waals surface area (Å²) >= 11 is 0. The van der Waals surface area contributed by atoms with Crippen LogP contribution in [-0.4, -0.2) is 28.1 Å². The predicted molar refractivity (Wildman–Crippen MR) is 72.1 cm³/mol. The molecule has 1 saturated heterocycles. The highest BCUT2D eigenvalue weighted by molar-refractivity contribution is 7.89. The van der Waals surface area contributed by atoms with E-state index in [0.29, 0.717) is 17.4 Å². The van der Waals surface area contributed by atoms with Gasteiger partial charge >= 0.3 is 0 Å². The molecule has 18 heavy (non-hydrogen) atoms. The number of rotatable bonds is 4. The van der Waals surface area contributed by atoms with Crippen LogP contribution < -0.4 is 10.0 Å². The van der Waals surface area contributed by atoms with Crippen molar-refractivity contribution in [2.45, 2.75) is 25.2 Å². The molecule has 0 saturated carbocycles. The summed E-state index contributed by atoms with van der Waals surface area (Å²) in [5.74, 6) is 0.408. The van der Waals surface area contributed by atoms with Gasteiger partial charge in [-0.1, -0.05) is 6.07 Å². The van der Waals surface area contributed by atoms with Crippen molar-refractivity contribution in [3.05, 3.63) is 29.3 Å². The monoisotopic (exact) mass is 268 g/mol. The zero-order valence-electron chi connectivity index (χ0n) is 10.9. The van der Waals surface area contributed by atoms with Gasteiger partial charge < -0.3 is 5.32 Å². The van der Waals surface area contributed by atoms with Crippen molar-refractivity contribution < 1.29 is 8.42 Å². The lowest BCUT2D eigenvalue weighted by molar-refractivity contribution is 0.538. The lowest BCUT2D eigenvalue weighted by Gasteiger charge is -2.11. The Balaban J connectivity index is 2.09. The summed E-state index contributed by atoms with van der Waals surface area (Å²) in [6, 6.07) is 5.39. The van der Waals surface area contributed by atoms with E-state index >= 15 is 0 Å². The number of benzene rings is 1. The fourth-order valence-electron chi connectivity index (χ4n) is 2.29. The Bertz CT molecular complexity index is 500. The molecule has 4 nitrogen and oxygen atoms in total. The van der Waals surface area contributed by atoms with Gasteiger partial charge in [0.25, 0.3) is 0 Å². The van der Waals surface area contributed by atoms with Crippen LogP contribution in [0.5, 0.6) is 0 Å². The van der Waals surface area contributed by atoms with Crippen molar-refractivity contribution in [2.24, 2.45) is 5.92 Å². The highest BCUT2D eigenvalue weighted by Crippen LogP contribution is 2.15. The predicted octanol–water partition coefficient (Wildman–Crippen LogP) is 1.19. The van der Waals surface area contributed by atoms with Gasteiger partial charge in [-0.3, -0.25) is 0 Å². The maximum atomic E-state index is 12.2. The van der Waals surface area contributed by atoms with E-state index in [2.05, 4.69) is 10.0 Å². The number of aryl methyl sites for hydroxylation is 2. The fourth-order valence-corrected chi connectivity index (χ4v) is 3.59. The van der Waals surface area contributed by atoms with Crippen molar-refractivity contribution in [1.29, 1.82) is 0 Å². The SMILES string of the molecule is Cc1cc(C)cc(S(=O)(=O)NCC2CCNC2)c1. The Morgan fingerprint density at radius 3 is 2.50 bits per heavy atom. The summed E-state index contributed by atoms with van der Waals surface area (Å²) in [6.07, 6.45) is 1.04. The maximum Gasteiger partial charge on any atom is 0.240 e. The largest absolute Gasteiger partial charge is 0.316 e. The smallest absolute Gasteiger partial charge is 0.240 e. The Kier molecular flexibility index (Phi) is 4.04. The molecule has 1 aliphatic rings. The van der Waals surface area contributed by atoms with Crippen molar-refractivity contribution >= 4 is 10.0 Å². The molecule has 1 atom stereocenters. The Morgan fingerprint density at radius 1 is 1.28 bits per heavy atom. The highest BCUT2D eigenvalue weighted by atomic mass is 32.2. The van der Waals surface area contributed by atoms with Crippen molar-refractivity contribution in [1.82, 2.24) is 10.0 Å². The van der Waals surface area contributed by atoms with Crippen LogP contribution in [0.3, 0.4) is 0 Å². The standard InChI is InChI=1S/C13H20N2O2S/c1-10-5-11(2)7-13(6-10)18(16,17)15-9-12-3-4-14-8-12/h5-7,12,14-15H,3-4,8-9H2,1-2H3. The molecule has 0 radical (unpaired) electrons. The molecule has 1 aliphatic heterocycles. The molecular formula is C13H20N2O2S.